The average molecular weight is 534 g/mol. The van der Waals surface area contributed by atoms with Gasteiger partial charge in [-0.05, 0) is 55.9 Å². The van der Waals surface area contributed by atoms with Gasteiger partial charge in [-0.25, -0.2) is 12.7 Å². The van der Waals surface area contributed by atoms with Gasteiger partial charge in [-0.2, -0.15) is 0 Å². The molecule has 1 heterocycles. The molecule has 9 heteroatoms. The quantitative estimate of drug-likeness (QED) is 0.590. The number of benzene rings is 2. The van der Waals surface area contributed by atoms with Crippen molar-refractivity contribution in [3.63, 3.8) is 0 Å². The van der Waals surface area contributed by atoms with Crippen LogP contribution in [0.15, 0.2) is 53.0 Å². The van der Waals surface area contributed by atoms with Crippen molar-refractivity contribution >= 4 is 38.4 Å². The lowest BCUT2D eigenvalue weighted by atomic mass is 9.76. The first-order valence-corrected chi connectivity index (χ1v) is 12.3. The Morgan fingerprint density at radius 3 is 2.58 bits per heavy atom. The smallest absolute Gasteiger partial charge is 0.218 e. The molecule has 0 radical (unpaired) electrons. The van der Waals surface area contributed by atoms with Crippen molar-refractivity contribution in [2.24, 2.45) is 5.92 Å². The maximum Gasteiger partial charge on any atom is 0.218 e. The zero-order valence-corrected chi connectivity index (χ0v) is 21.2. The van der Waals surface area contributed by atoms with E-state index in [1.807, 2.05) is 67.5 Å². The third-order valence-corrected chi connectivity index (χ3v) is 7.94. The SMILES string of the molecule is COc1cccc(C2(O)CCN(S(=O)(=O)Cc3cccc(Br)c3)CC2CN(C)C)c1.Cl. The van der Waals surface area contributed by atoms with Crippen LogP contribution in [0.1, 0.15) is 17.5 Å². The minimum absolute atomic E-state index is 0. The highest BCUT2D eigenvalue weighted by molar-refractivity contribution is 9.10. The van der Waals surface area contributed by atoms with E-state index in [0.717, 1.165) is 15.6 Å². The summed E-state index contributed by atoms with van der Waals surface area (Å²) in [4.78, 5) is 1.99. The molecule has 31 heavy (non-hydrogen) atoms. The molecule has 1 saturated heterocycles. The first-order valence-electron chi connectivity index (χ1n) is 9.88. The molecule has 0 saturated carbocycles. The predicted octanol–water partition coefficient (Wildman–Crippen LogP) is 3.48. The van der Waals surface area contributed by atoms with Crippen molar-refractivity contribution in [1.82, 2.24) is 9.21 Å². The Morgan fingerprint density at radius 2 is 1.94 bits per heavy atom. The summed E-state index contributed by atoms with van der Waals surface area (Å²) in [7, 11) is 1.95. The number of piperidine rings is 1. The minimum atomic E-state index is -3.51. The van der Waals surface area contributed by atoms with E-state index in [4.69, 9.17) is 4.74 Å². The summed E-state index contributed by atoms with van der Waals surface area (Å²) in [6.45, 7) is 1.10. The lowest BCUT2D eigenvalue weighted by Gasteiger charge is -2.45. The Hall–Kier alpha value is -1.16. The molecule has 1 aliphatic rings. The number of nitrogens with zero attached hydrogens (tertiary/aromatic N) is 2. The molecule has 0 amide bonds. The third-order valence-electron chi connectivity index (χ3n) is 5.63. The van der Waals surface area contributed by atoms with E-state index in [-0.39, 0.29) is 37.2 Å². The number of methoxy groups -OCH3 is 1. The maximum atomic E-state index is 13.1. The minimum Gasteiger partial charge on any atom is -0.497 e. The van der Waals surface area contributed by atoms with E-state index < -0.39 is 15.6 Å². The molecule has 3 rings (SSSR count). The van der Waals surface area contributed by atoms with Gasteiger partial charge in [0.2, 0.25) is 10.0 Å². The van der Waals surface area contributed by atoms with Crippen LogP contribution >= 0.6 is 28.3 Å². The van der Waals surface area contributed by atoms with Gasteiger partial charge in [0.1, 0.15) is 5.75 Å². The summed E-state index contributed by atoms with van der Waals surface area (Å²) in [6.07, 6.45) is 0.330. The van der Waals surface area contributed by atoms with E-state index in [1.165, 1.54) is 4.31 Å². The molecule has 0 spiro atoms. The number of sulfonamides is 1. The normalized spacial score (nSPS) is 22.2. The number of halogens is 2. The fourth-order valence-corrected chi connectivity index (χ4v) is 6.10. The van der Waals surface area contributed by atoms with Crippen molar-refractivity contribution in [1.29, 1.82) is 0 Å². The fourth-order valence-electron chi connectivity index (χ4n) is 4.09. The molecular weight excluding hydrogens is 504 g/mol. The summed E-state index contributed by atoms with van der Waals surface area (Å²) in [6, 6.07) is 14.8. The van der Waals surface area contributed by atoms with Crippen molar-refractivity contribution < 1.29 is 18.3 Å². The molecule has 2 atom stereocenters. The lowest BCUT2D eigenvalue weighted by molar-refractivity contribution is -0.0698. The summed E-state index contributed by atoms with van der Waals surface area (Å²) in [5.74, 6) is 0.346. The van der Waals surface area contributed by atoms with E-state index in [0.29, 0.717) is 18.7 Å². The molecule has 6 nitrogen and oxygen atoms in total. The molecule has 0 aromatic heterocycles. The van der Waals surface area contributed by atoms with Crippen LogP contribution in [0.25, 0.3) is 0 Å². The fraction of sp³-hybridized carbons (Fsp3) is 0.455. The number of hydrogen-bond acceptors (Lipinski definition) is 5. The monoisotopic (exact) mass is 532 g/mol. The maximum absolute atomic E-state index is 13.1. The number of rotatable bonds is 7. The number of aliphatic hydroxyl groups is 1. The third kappa shape index (κ3) is 6.21. The predicted molar refractivity (Wildman–Crippen MR) is 129 cm³/mol. The lowest BCUT2D eigenvalue weighted by Crippen LogP contribution is -2.54. The van der Waals surface area contributed by atoms with Crippen molar-refractivity contribution in [3.8, 4) is 5.75 Å². The molecule has 1 aliphatic heterocycles. The largest absolute Gasteiger partial charge is 0.497 e. The van der Waals surface area contributed by atoms with Gasteiger partial charge in [-0.1, -0.05) is 40.2 Å². The molecule has 0 aliphatic carbocycles. The molecule has 0 bridgehead atoms. The van der Waals surface area contributed by atoms with Gasteiger partial charge in [-0.15, -0.1) is 12.4 Å². The summed E-state index contributed by atoms with van der Waals surface area (Å²) < 4.78 is 34.0. The van der Waals surface area contributed by atoms with Crippen LogP contribution < -0.4 is 4.74 Å². The highest BCUT2D eigenvalue weighted by Crippen LogP contribution is 2.40. The topological polar surface area (TPSA) is 70.1 Å². The van der Waals surface area contributed by atoms with Gasteiger partial charge < -0.3 is 14.7 Å². The van der Waals surface area contributed by atoms with Crippen molar-refractivity contribution in [2.45, 2.75) is 17.8 Å². The van der Waals surface area contributed by atoms with Crippen molar-refractivity contribution in [3.05, 3.63) is 64.1 Å². The van der Waals surface area contributed by atoms with Crippen LogP contribution in [0.3, 0.4) is 0 Å². The Labute approximate surface area is 199 Å². The second-order valence-electron chi connectivity index (χ2n) is 8.11. The van der Waals surface area contributed by atoms with Gasteiger partial charge >= 0.3 is 0 Å². The molecule has 2 aromatic rings. The Balaban J connectivity index is 0.00000341. The summed E-state index contributed by atoms with van der Waals surface area (Å²) in [5.41, 5.74) is 0.376. The number of ether oxygens (including phenoxy) is 1. The van der Waals surface area contributed by atoms with Gasteiger partial charge in [0.05, 0.1) is 18.5 Å². The van der Waals surface area contributed by atoms with E-state index in [9.17, 15) is 13.5 Å². The van der Waals surface area contributed by atoms with Gasteiger partial charge in [0.15, 0.2) is 0 Å². The molecule has 2 unspecified atom stereocenters. The Morgan fingerprint density at radius 1 is 1.23 bits per heavy atom. The van der Waals surface area contributed by atoms with Gasteiger partial charge in [0, 0.05) is 30.0 Å². The van der Waals surface area contributed by atoms with Crippen LogP contribution in [0.4, 0.5) is 0 Å². The second kappa shape index (κ2) is 10.6. The van der Waals surface area contributed by atoms with Crippen LogP contribution in [-0.2, 0) is 21.4 Å². The van der Waals surface area contributed by atoms with Crippen LogP contribution in [0, 0.1) is 5.92 Å². The first kappa shape index (κ1) is 26.1. The standard InChI is InChI=1S/C22H29BrN2O4S.ClH/c1-24(2)14-19-15-25(30(27,28)16-17-6-4-8-20(23)12-17)11-10-22(19,26)18-7-5-9-21(13-18)29-3;/h4-9,12-13,19,26H,10-11,14-16H2,1-3H3;1H. The first-order chi connectivity index (χ1) is 14.1. The van der Waals surface area contributed by atoms with E-state index >= 15 is 0 Å². The second-order valence-corrected chi connectivity index (χ2v) is 11.0. The highest BCUT2D eigenvalue weighted by Gasteiger charge is 2.45. The zero-order chi connectivity index (χ0) is 21.9. The average Bonchev–Trinajstić information content (AvgIpc) is 2.69. The summed E-state index contributed by atoms with van der Waals surface area (Å²) >= 11 is 3.40. The molecule has 172 valence electrons. The van der Waals surface area contributed by atoms with E-state index in [1.54, 1.807) is 7.11 Å². The Bertz CT molecular complexity index is 989. The number of hydrogen-bond donors (Lipinski definition) is 1. The Kier molecular flexibility index (Phi) is 8.95. The van der Waals surface area contributed by atoms with Gasteiger partial charge in [0.25, 0.3) is 0 Å². The van der Waals surface area contributed by atoms with Crippen molar-refractivity contribution in [2.75, 3.05) is 40.8 Å². The highest BCUT2D eigenvalue weighted by atomic mass is 79.9. The molecular formula is C22H30BrClN2O4S. The van der Waals surface area contributed by atoms with Crippen LogP contribution in [0.2, 0.25) is 0 Å². The molecule has 2 aromatic carbocycles. The van der Waals surface area contributed by atoms with Crippen LogP contribution in [-0.4, -0.2) is 63.6 Å². The van der Waals surface area contributed by atoms with Gasteiger partial charge in [-0.3, -0.25) is 0 Å². The zero-order valence-electron chi connectivity index (χ0n) is 18.0. The van der Waals surface area contributed by atoms with E-state index in [2.05, 4.69) is 15.9 Å². The summed E-state index contributed by atoms with van der Waals surface area (Å²) in [5, 5.41) is 11.7. The molecule has 1 fully saturated rings. The van der Waals surface area contributed by atoms with Crippen LogP contribution in [0.5, 0.6) is 5.75 Å². The molecule has 1 N–H and O–H groups in total.